The van der Waals surface area contributed by atoms with E-state index >= 15 is 0 Å². The van der Waals surface area contributed by atoms with Gasteiger partial charge in [-0.15, -0.1) is 0 Å². The monoisotopic (exact) mass is 299 g/mol. The summed E-state index contributed by atoms with van der Waals surface area (Å²) < 4.78 is 32.2. The topological polar surface area (TPSA) is 37.7 Å². The van der Waals surface area contributed by atoms with Crippen LogP contribution in [0.5, 0.6) is 0 Å². The molecule has 2 atom stereocenters. The first kappa shape index (κ1) is 14.5. The predicted octanol–water partition coefficient (Wildman–Crippen LogP) is 1.29. The largest absolute Gasteiger partial charge is 0.379 e. The Balaban J connectivity index is 1.88. The number of amides is 1. The molecule has 0 aromatic carbocycles. The minimum absolute atomic E-state index is 0.0419. The van der Waals surface area contributed by atoms with E-state index in [1.165, 1.54) is 18.3 Å². The van der Waals surface area contributed by atoms with Crippen LogP contribution in [0.4, 0.5) is 8.78 Å². The second-order valence-electron chi connectivity index (χ2n) is 5.81. The lowest BCUT2D eigenvalue weighted by Gasteiger charge is -2.30. The first-order valence-electron chi connectivity index (χ1n) is 7.08. The zero-order valence-electron chi connectivity index (χ0n) is 11.9. The van der Waals surface area contributed by atoms with E-state index in [2.05, 4.69) is 4.90 Å². The Morgan fingerprint density at radius 2 is 2.14 bits per heavy atom. The highest BCUT2D eigenvalue weighted by molar-refractivity contribution is 5.93. The van der Waals surface area contributed by atoms with Crippen molar-refractivity contribution in [1.82, 2.24) is 14.4 Å². The smallest absolute Gasteiger partial charge is 0.319 e. The number of likely N-dealkylation sites (N-methyl/N-ethyl adjacent to an activating group) is 1. The van der Waals surface area contributed by atoms with Gasteiger partial charge in [-0.05, 0) is 19.2 Å². The summed E-state index contributed by atoms with van der Waals surface area (Å²) in [5.41, 5.74) is 0.0419. The molecule has 0 unspecified atom stereocenters. The van der Waals surface area contributed by atoms with E-state index in [1.807, 2.05) is 7.05 Å². The Labute approximate surface area is 122 Å². The maximum Gasteiger partial charge on any atom is 0.319 e. The number of ether oxygens (including phenoxy) is 1. The fourth-order valence-electron chi connectivity index (χ4n) is 3.22. The molecule has 2 bridgehead atoms. The van der Waals surface area contributed by atoms with Gasteiger partial charge in [0, 0.05) is 31.7 Å². The molecule has 0 N–H and O–H groups in total. The average Bonchev–Trinajstić information content (AvgIpc) is 2.75. The number of hydrogen-bond acceptors (Lipinski definition) is 3. The van der Waals surface area contributed by atoms with Gasteiger partial charge in [-0.3, -0.25) is 9.36 Å². The number of aromatic nitrogens is 1. The van der Waals surface area contributed by atoms with Gasteiger partial charge in [0.15, 0.2) is 0 Å². The Kier molecular flexibility index (Phi) is 3.95. The first-order chi connectivity index (χ1) is 10.1. The van der Waals surface area contributed by atoms with Gasteiger partial charge in [0.1, 0.15) is 5.69 Å². The van der Waals surface area contributed by atoms with Crippen molar-refractivity contribution in [2.75, 3.05) is 39.9 Å². The van der Waals surface area contributed by atoms with E-state index in [4.69, 9.17) is 4.74 Å². The summed E-state index contributed by atoms with van der Waals surface area (Å²) in [5.74, 6) is -0.113. The third-order valence-corrected chi connectivity index (χ3v) is 4.12. The molecule has 116 valence electrons. The van der Waals surface area contributed by atoms with Crippen molar-refractivity contribution in [2.45, 2.75) is 12.6 Å². The van der Waals surface area contributed by atoms with E-state index < -0.39 is 6.55 Å². The minimum Gasteiger partial charge on any atom is -0.379 e. The number of fused-ring (bicyclic) bond motifs is 3. The summed E-state index contributed by atoms with van der Waals surface area (Å²) >= 11 is 0. The van der Waals surface area contributed by atoms with Crippen molar-refractivity contribution in [3.63, 3.8) is 0 Å². The SMILES string of the molecule is CN1C[C@@H]2COC[C@H](C1)N(C(=O)c1cccn1C(F)F)C2. The van der Waals surface area contributed by atoms with Crippen LogP contribution in [-0.4, -0.2) is 66.2 Å². The lowest BCUT2D eigenvalue weighted by atomic mass is 10.1. The van der Waals surface area contributed by atoms with Crippen molar-refractivity contribution in [3.05, 3.63) is 24.0 Å². The van der Waals surface area contributed by atoms with Crippen molar-refractivity contribution in [2.24, 2.45) is 5.92 Å². The molecular weight excluding hydrogens is 280 g/mol. The van der Waals surface area contributed by atoms with Gasteiger partial charge < -0.3 is 14.5 Å². The molecule has 2 fully saturated rings. The highest BCUT2D eigenvalue weighted by Gasteiger charge is 2.36. The maximum absolute atomic E-state index is 13.0. The van der Waals surface area contributed by atoms with Gasteiger partial charge >= 0.3 is 6.55 Å². The van der Waals surface area contributed by atoms with Gasteiger partial charge in [0.05, 0.1) is 19.3 Å². The second-order valence-corrected chi connectivity index (χ2v) is 5.81. The van der Waals surface area contributed by atoms with E-state index in [-0.39, 0.29) is 23.6 Å². The molecule has 7 heteroatoms. The van der Waals surface area contributed by atoms with E-state index in [0.717, 1.165) is 11.1 Å². The predicted molar refractivity (Wildman–Crippen MR) is 72.3 cm³/mol. The van der Waals surface area contributed by atoms with Crippen LogP contribution in [0.25, 0.3) is 0 Å². The van der Waals surface area contributed by atoms with Crippen LogP contribution >= 0.6 is 0 Å². The van der Waals surface area contributed by atoms with Gasteiger partial charge in [-0.1, -0.05) is 0 Å². The molecule has 21 heavy (non-hydrogen) atoms. The minimum atomic E-state index is -2.70. The number of carbonyl (C=O) groups is 1. The Bertz CT molecular complexity index is 520. The molecule has 0 radical (unpaired) electrons. The van der Waals surface area contributed by atoms with E-state index in [1.54, 1.807) is 4.90 Å². The third-order valence-electron chi connectivity index (χ3n) is 4.12. The van der Waals surface area contributed by atoms with Crippen LogP contribution in [-0.2, 0) is 4.74 Å². The summed E-state index contributed by atoms with van der Waals surface area (Å²) in [6, 6.07) is 2.84. The lowest BCUT2D eigenvalue weighted by Crippen LogP contribution is -2.46. The van der Waals surface area contributed by atoms with Gasteiger partial charge in [-0.25, -0.2) is 0 Å². The van der Waals surface area contributed by atoms with Crippen molar-refractivity contribution in [1.29, 1.82) is 0 Å². The van der Waals surface area contributed by atoms with Gasteiger partial charge in [0.25, 0.3) is 5.91 Å². The molecule has 1 aromatic rings. The summed E-state index contributed by atoms with van der Waals surface area (Å²) in [4.78, 5) is 16.6. The van der Waals surface area contributed by atoms with E-state index in [0.29, 0.717) is 26.3 Å². The van der Waals surface area contributed by atoms with Gasteiger partial charge in [0.2, 0.25) is 0 Å². The van der Waals surface area contributed by atoms with Crippen molar-refractivity contribution < 1.29 is 18.3 Å². The van der Waals surface area contributed by atoms with Crippen LogP contribution in [0, 0.1) is 5.92 Å². The summed E-state index contributed by atoms with van der Waals surface area (Å²) in [7, 11) is 2.02. The van der Waals surface area contributed by atoms with Crippen molar-refractivity contribution >= 4 is 5.91 Å². The van der Waals surface area contributed by atoms with Gasteiger partial charge in [-0.2, -0.15) is 8.78 Å². The Hall–Kier alpha value is -1.47. The van der Waals surface area contributed by atoms with E-state index in [9.17, 15) is 13.6 Å². The molecule has 2 aliphatic rings. The number of halogens is 2. The zero-order chi connectivity index (χ0) is 15.0. The highest BCUT2D eigenvalue weighted by Crippen LogP contribution is 2.23. The maximum atomic E-state index is 13.0. The number of nitrogens with zero attached hydrogens (tertiary/aromatic N) is 3. The zero-order valence-corrected chi connectivity index (χ0v) is 11.9. The third kappa shape index (κ3) is 2.80. The molecule has 0 aliphatic carbocycles. The summed E-state index contributed by atoms with van der Waals surface area (Å²) in [6.07, 6.45) is 1.24. The molecule has 2 aliphatic heterocycles. The lowest BCUT2D eigenvalue weighted by molar-refractivity contribution is 0.0424. The molecule has 0 saturated carbocycles. The molecule has 0 spiro atoms. The molecule has 3 rings (SSSR count). The molecule has 5 nitrogen and oxygen atoms in total. The standard InChI is InChI=1S/C14H19F2N3O2/c1-17-5-10-6-19(11(7-17)9-21-8-10)13(20)12-3-2-4-18(12)14(15)16/h2-4,10-11,14H,5-9H2,1H3/t10-,11-/m0/s1. The molecular formula is C14H19F2N3O2. The van der Waals surface area contributed by atoms with Crippen molar-refractivity contribution in [3.8, 4) is 0 Å². The number of hydrogen-bond donors (Lipinski definition) is 0. The molecule has 1 aromatic heterocycles. The average molecular weight is 299 g/mol. The number of carbonyl (C=O) groups excluding carboxylic acids is 1. The molecule has 3 heterocycles. The number of rotatable bonds is 2. The fourth-order valence-corrected chi connectivity index (χ4v) is 3.22. The van der Waals surface area contributed by atoms with Crippen LogP contribution in [0.15, 0.2) is 18.3 Å². The summed E-state index contributed by atoms with van der Waals surface area (Å²) in [5, 5.41) is 0. The summed E-state index contributed by atoms with van der Waals surface area (Å²) in [6.45, 7) is 0.489. The first-order valence-corrected chi connectivity index (χ1v) is 7.08. The van der Waals surface area contributed by atoms with Crippen LogP contribution in [0.3, 0.4) is 0 Å². The Morgan fingerprint density at radius 3 is 2.90 bits per heavy atom. The van der Waals surface area contributed by atoms with Crippen LogP contribution in [0.1, 0.15) is 17.0 Å². The molecule has 2 saturated heterocycles. The molecule has 1 amide bonds. The number of alkyl halides is 2. The second kappa shape index (κ2) is 5.73. The fraction of sp³-hybridized carbons (Fsp3) is 0.643. The highest BCUT2D eigenvalue weighted by atomic mass is 19.3. The Morgan fingerprint density at radius 1 is 1.33 bits per heavy atom. The quantitative estimate of drug-likeness (QED) is 0.826. The normalized spacial score (nSPS) is 27.0. The van der Waals surface area contributed by atoms with Crippen LogP contribution in [0.2, 0.25) is 0 Å². The van der Waals surface area contributed by atoms with Crippen LogP contribution < -0.4 is 0 Å².